The van der Waals surface area contributed by atoms with Gasteiger partial charge in [0.15, 0.2) is 5.75 Å². The van der Waals surface area contributed by atoms with E-state index in [-0.39, 0.29) is 50.0 Å². The van der Waals surface area contributed by atoms with Gasteiger partial charge in [-0.2, -0.15) is 10.5 Å². The van der Waals surface area contributed by atoms with Crippen molar-refractivity contribution in [1.29, 1.82) is 10.5 Å². The number of aryl methyl sites for hydroxylation is 1. The van der Waals surface area contributed by atoms with Crippen molar-refractivity contribution in [2.75, 3.05) is 0 Å². The number of phenolic OH excluding ortho intramolecular Hbond substituents is 1. The normalized spacial score (nSPS) is 13.0. The van der Waals surface area contributed by atoms with E-state index in [9.17, 15) is 15.6 Å². The lowest BCUT2D eigenvalue weighted by atomic mass is 9.99. The summed E-state index contributed by atoms with van der Waals surface area (Å²) in [6, 6.07) is 32.9. The fourth-order valence-electron chi connectivity index (χ4n) is 8.29. The molecule has 10 rings (SSSR count). The number of hydrogen-bond acceptors (Lipinski definition) is 10. The lowest BCUT2D eigenvalue weighted by Gasteiger charge is -2.18. The van der Waals surface area contributed by atoms with E-state index >= 15 is 0 Å². The van der Waals surface area contributed by atoms with Crippen LogP contribution in [0.15, 0.2) is 109 Å². The third-order valence-electron chi connectivity index (χ3n) is 11.2. The Hall–Kier alpha value is -7.19. The lowest BCUT2D eigenvalue weighted by molar-refractivity contribution is 0.441. The number of para-hydroxylation sites is 4. The Labute approximate surface area is 397 Å². The van der Waals surface area contributed by atoms with Crippen LogP contribution in [0.25, 0.3) is 55.2 Å². The molecule has 0 bridgehead atoms. The summed E-state index contributed by atoms with van der Waals surface area (Å²) in [5.74, 6) is 0.646. The largest absolute Gasteiger partial charge is 0.743 e. The standard InChI is InChI=1S/C48H29B2Cl4N8O4/c1-24(2)45-43-44(46(61(45)49-64-40-13-7-6-12-39(40)63)27(20-55)37-22-57-33-16-29(51)31(53)18-35(33)59-37)47(26-11-5-4-10-25(26)3)62(50-65-41-14-8-9-15-42(41)66-50)48(43)28(21-56)38-23-58-34-17-30(52)32(54)19-36(34)60-38/h4-19,22-24,63H,1-3H3/b46-27-,48-28-. The van der Waals surface area contributed by atoms with Crippen LogP contribution in [0.3, 0.4) is 0 Å². The number of aromatic nitrogens is 6. The third kappa shape index (κ3) is 7.20. The highest BCUT2D eigenvalue weighted by Gasteiger charge is 2.42. The number of nitriles is 2. The number of halogens is 4. The number of nitrogens with zero attached hydrogens (tertiary/aromatic N) is 8. The van der Waals surface area contributed by atoms with Crippen molar-refractivity contribution in [1.82, 2.24) is 28.9 Å². The van der Waals surface area contributed by atoms with Crippen LogP contribution >= 0.6 is 46.4 Å². The van der Waals surface area contributed by atoms with E-state index in [0.717, 1.165) is 11.1 Å². The van der Waals surface area contributed by atoms with E-state index in [0.29, 0.717) is 76.5 Å². The van der Waals surface area contributed by atoms with Gasteiger partial charge in [-0.3, -0.25) is 9.97 Å². The average molecular weight is 945 g/mol. The Morgan fingerprint density at radius 3 is 1.77 bits per heavy atom. The highest BCUT2D eigenvalue weighted by Crippen LogP contribution is 2.39. The summed E-state index contributed by atoms with van der Waals surface area (Å²) in [6.45, 7) is 5.93. The second kappa shape index (κ2) is 17.0. The molecule has 319 valence electrons. The summed E-state index contributed by atoms with van der Waals surface area (Å²) in [4.78, 5) is 19.2. The second-order valence-corrected chi connectivity index (χ2v) is 17.2. The summed E-state index contributed by atoms with van der Waals surface area (Å²) in [5.41, 5.74) is 4.97. The van der Waals surface area contributed by atoms with Gasteiger partial charge in [-0.15, -0.1) is 0 Å². The quantitative estimate of drug-likeness (QED) is 0.146. The highest BCUT2D eigenvalue weighted by atomic mass is 35.5. The zero-order chi connectivity index (χ0) is 46.0. The van der Waals surface area contributed by atoms with Crippen LogP contribution in [0.2, 0.25) is 20.1 Å². The van der Waals surface area contributed by atoms with Gasteiger partial charge in [-0.1, -0.05) is 109 Å². The molecule has 0 fully saturated rings. The minimum absolute atomic E-state index is 0.0788. The van der Waals surface area contributed by atoms with Gasteiger partial charge < -0.3 is 28.0 Å². The van der Waals surface area contributed by atoms with Crippen LogP contribution in [-0.2, 0) is 0 Å². The molecule has 1 aliphatic rings. The van der Waals surface area contributed by atoms with Gasteiger partial charge >= 0.3 is 14.9 Å². The Kier molecular flexibility index (Phi) is 11.0. The lowest BCUT2D eigenvalue weighted by Crippen LogP contribution is -2.43. The molecule has 5 heterocycles. The number of aromatic hydroxyl groups is 1. The van der Waals surface area contributed by atoms with Gasteiger partial charge in [0.1, 0.15) is 51.9 Å². The number of fused-ring (bicyclic) bond motifs is 4. The van der Waals surface area contributed by atoms with Crippen molar-refractivity contribution in [3.8, 4) is 46.4 Å². The van der Waals surface area contributed by atoms with Crippen molar-refractivity contribution >= 4 is 105 Å². The minimum Gasteiger partial charge on any atom is -0.540 e. The smallest absolute Gasteiger partial charge is 0.540 e. The van der Waals surface area contributed by atoms with Crippen molar-refractivity contribution < 1.29 is 19.1 Å². The molecule has 5 aromatic carbocycles. The second-order valence-electron chi connectivity index (χ2n) is 15.6. The summed E-state index contributed by atoms with van der Waals surface area (Å²) < 4.78 is 23.2. The predicted octanol–water partition coefficient (Wildman–Crippen LogP) is 9.96. The third-order valence-corrected chi connectivity index (χ3v) is 12.6. The number of hydrogen-bond donors (Lipinski definition) is 1. The molecule has 18 heteroatoms. The maximum absolute atomic E-state index is 11.5. The van der Waals surface area contributed by atoms with Gasteiger partial charge in [0.25, 0.3) is 0 Å². The SMILES string of the molecule is Cc1ccccc1-c1c2/c(=C(\C#N)c3cnc4cc(Cl)c(Cl)cc4n3)n([B]Oc3ccccc3O)c(C(C)C)c2/c(=C(\C#N)c2cnc3cc(Cl)c(Cl)cc3n2)n1B1Oc2ccccc2O1. The Morgan fingerprint density at radius 1 is 0.712 bits per heavy atom. The first-order valence-electron chi connectivity index (χ1n) is 20.3. The van der Waals surface area contributed by atoms with Crippen LogP contribution < -0.4 is 24.7 Å². The molecule has 0 aliphatic carbocycles. The molecule has 1 radical (unpaired) electrons. The minimum atomic E-state index is -1.19. The fourth-order valence-corrected chi connectivity index (χ4v) is 8.92. The molecule has 0 spiro atoms. The molecule has 4 aromatic heterocycles. The van der Waals surface area contributed by atoms with Crippen molar-refractivity contribution in [3.05, 3.63) is 163 Å². The monoisotopic (exact) mass is 943 g/mol. The predicted molar refractivity (Wildman–Crippen MR) is 258 cm³/mol. The maximum atomic E-state index is 11.5. The molecule has 1 N–H and O–H groups in total. The van der Waals surface area contributed by atoms with Gasteiger partial charge in [-0.05, 0) is 66.9 Å². The Morgan fingerprint density at radius 2 is 1.23 bits per heavy atom. The molecule has 9 aromatic rings. The van der Waals surface area contributed by atoms with Crippen LogP contribution in [0.1, 0.15) is 42.4 Å². The number of rotatable bonds is 8. The van der Waals surface area contributed by atoms with Crippen LogP contribution in [0, 0.1) is 29.6 Å². The zero-order valence-electron chi connectivity index (χ0n) is 34.9. The highest BCUT2D eigenvalue weighted by molar-refractivity contribution is 6.48. The Balaban J connectivity index is 1.45. The average Bonchev–Trinajstić information content (AvgIpc) is 3.98. The van der Waals surface area contributed by atoms with Crippen molar-refractivity contribution in [3.63, 3.8) is 0 Å². The van der Waals surface area contributed by atoms with E-state index in [1.165, 1.54) is 26.1 Å². The number of phenols is 1. The zero-order valence-corrected chi connectivity index (χ0v) is 37.9. The Bertz CT molecular complexity index is 3710. The van der Waals surface area contributed by atoms with E-state index in [1.54, 1.807) is 59.1 Å². The van der Waals surface area contributed by atoms with Gasteiger partial charge in [0.2, 0.25) is 0 Å². The molecule has 0 atom stereocenters. The van der Waals surface area contributed by atoms with E-state index in [2.05, 4.69) is 22.1 Å². The topological polar surface area (TPSA) is 157 Å². The van der Waals surface area contributed by atoms with Crippen LogP contribution in [-0.4, -0.2) is 48.9 Å². The molecular weight excluding hydrogens is 916 g/mol. The van der Waals surface area contributed by atoms with E-state index in [4.69, 9.17) is 70.3 Å². The first-order valence-corrected chi connectivity index (χ1v) is 21.8. The molecule has 0 saturated heterocycles. The molecule has 0 unspecified atom stereocenters. The summed E-state index contributed by atoms with van der Waals surface area (Å²) in [6.07, 6.45) is 3.00. The molecule has 0 saturated carbocycles. The molecule has 0 amide bonds. The first-order chi connectivity index (χ1) is 31.9. The van der Waals surface area contributed by atoms with Crippen molar-refractivity contribution in [2.45, 2.75) is 26.7 Å². The van der Waals surface area contributed by atoms with Gasteiger partial charge in [0, 0.05) is 22.0 Å². The van der Waals surface area contributed by atoms with Crippen LogP contribution in [0.5, 0.6) is 23.0 Å². The van der Waals surface area contributed by atoms with E-state index < -0.39 is 7.25 Å². The molecule has 66 heavy (non-hydrogen) atoms. The summed E-state index contributed by atoms with van der Waals surface area (Å²) in [5, 5.41) is 36.7. The maximum Gasteiger partial charge on any atom is 0.743 e. The van der Waals surface area contributed by atoms with Crippen molar-refractivity contribution in [2.24, 2.45) is 0 Å². The van der Waals surface area contributed by atoms with Crippen LogP contribution in [0.4, 0.5) is 0 Å². The molecular formula is C48H29B2Cl4N8O4. The van der Waals surface area contributed by atoms with Gasteiger partial charge in [0.05, 0.1) is 70.9 Å². The molecule has 12 nitrogen and oxygen atoms in total. The first kappa shape index (κ1) is 42.7. The summed E-state index contributed by atoms with van der Waals surface area (Å²) >= 11 is 25.7. The fraction of sp³-hybridized carbons (Fsp3) is 0.0833. The van der Waals surface area contributed by atoms with E-state index in [1.807, 2.05) is 61.6 Å². The molecule has 1 aliphatic heterocycles. The van der Waals surface area contributed by atoms with Gasteiger partial charge in [-0.25, -0.2) is 9.97 Å². The number of benzene rings is 5. The summed E-state index contributed by atoms with van der Waals surface area (Å²) in [7, 11) is 0.245.